The SMILES string of the molecule is O=C1N(C2c3n[nH]c(=O)c4cc(F)cc(c34)NC2c2ccc(F)cc2)C(S)NC12CCC2. The van der Waals surface area contributed by atoms with Gasteiger partial charge in [-0.15, -0.1) is 12.6 Å². The Labute approximate surface area is 186 Å². The normalized spacial score (nSPS) is 25.8. The number of anilines is 1. The second-order valence-corrected chi connectivity index (χ2v) is 9.09. The van der Waals surface area contributed by atoms with E-state index in [1.165, 1.54) is 18.2 Å². The van der Waals surface area contributed by atoms with Crippen LogP contribution in [-0.4, -0.2) is 32.0 Å². The summed E-state index contributed by atoms with van der Waals surface area (Å²) in [5.41, 5.74) is -0.224. The van der Waals surface area contributed by atoms with Gasteiger partial charge in [0.2, 0.25) is 5.91 Å². The smallest absolute Gasteiger partial charge is 0.272 e. The van der Waals surface area contributed by atoms with Gasteiger partial charge in [-0.3, -0.25) is 14.9 Å². The molecule has 3 aliphatic rings. The molecule has 3 N–H and O–H groups in total. The Hall–Kier alpha value is -2.98. The molecule has 3 heterocycles. The third-order valence-electron chi connectivity index (χ3n) is 6.84. The number of carbonyl (C=O) groups is 1. The van der Waals surface area contributed by atoms with E-state index in [9.17, 15) is 18.4 Å². The first-order valence-electron chi connectivity index (χ1n) is 10.4. The molecule has 1 saturated carbocycles. The van der Waals surface area contributed by atoms with Crippen molar-refractivity contribution in [2.75, 3.05) is 5.32 Å². The minimum Gasteiger partial charge on any atom is -0.375 e. The molecule has 1 aromatic heterocycles. The number of nitrogens with one attached hydrogen (secondary N) is 3. The van der Waals surface area contributed by atoms with E-state index in [-0.39, 0.29) is 11.3 Å². The molecule has 7 nitrogen and oxygen atoms in total. The molecule has 3 aromatic rings. The van der Waals surface area contributed by atoms with Gasteiger partial charge in [0.1, 0.15) is 28.7 Å². The number of nitrogens with zero attached hydrogens (tertiary/aromatic N) is 2. The van der Waals surface area contributed by atoms with Crippen LogP contribution in [-0.2, 0) is 4.79 Å². The van der Waals surface area contributed by atoms with Crippen molar-refractivity contribution in [3.8, 4) is 0 Å². The summed E-state index contributed by atoms with van der Waals surface area (Å²) in [4.78, 5) is 27.6. The zero-order valence-electron chi connectivity index (χ0n) is 16.7. The van der Waals surface area contributed by atoms with Crippen molar-refractivity contribution in [3.05, 3.63) is 69.6 Å². The quantitative estimate of drug-likeness (QED) is 0.446. The van der Waals surface area contributed by atoms with Gasteiger partial charge in [-0.05, 0) is 49.1 Å². The van der Waals surface area contributed by atoms with Crippen molar-refractivity contribution in [1.29, 1.82) is 0 Å². The Morgan fingerprint density at radius 1 is 1.09 bits per heavy atom. The van der Waals surface area contributed by atoms with Crippen LogP contribution in [0.3, 0.4) is 0 Å². The van der Waals surface area contributed by atoms with Gasteiger partial charge in [-0.1, -0.05) is 12.1 Å². The van der Waals surface area contributed by atoms with E-state index in [1.807, 2.05) is 0 Å². The number of aromatic nitrogens is 2. The van der Waals surface area contributed by atoms with Crippen LogP contribution in [0.4, 0.5) is 14.5 Å². The Morgan fingerprint density at radius 3 is 2.50 bits per heavy atom. The molecule has 1 amide bonds. The number of H-pyrrole nitrogens is 1. The molecule has 10 heteroatoms. The maximum Gasteiger partial charge on any atom is 0.272 e. The lowest BCUT2D eigenvalue weighted by Crippen LogP contribution is -2.53. The van der Waals surface area contributed by atoms with Crippen LogP contribution in [0.2, 0.25) is 0 Å². The number of thiol groups is 1. The molecule has 1 spiro atoms. The zero-order valence-corrected chi connectivity index (χ0v) is 17.6. The number of halogens is 2. The topological polar surface area (TPSA) is 90.1 Å². The highest BCUT2D eigenvalue weighted by Crippen LogP contribution is 2.50. The Morgan fingerprint density at radius 2 is 1.84 bits per heavy atom. The van der Waals surface area contributed by atoms with Gasteiger partial charge >= 0.3 is 0 Å². The van der Waals surface area contributed by atoms with Gasteiger partial charge in [0.25, 0.3) is 5.56 Å². The molecule has 1 saturated heterocycles. The molecule has 0 bridgehead atoms. The first-order valence-corrected chi connectivity index (χ1v) is 10.9. The lowest BCUT2D eigenvalue weighted by Gasteiger charge is -2.41. The molecule has 0 radical (unpaired) electrons. The minimum absolute atomic E-state index is 0.0885. The lowest BCUT2D eigenvalue weighted by molar-refractivity contribution is -0.137. The minimum atomic E-state index is -0.666. The molecular formula is C22H19F2N5O2S. The number of hydrogen-bond acceptors (Lipinski definition) is 6. The van der Waals surface area contributed by atoms with Crippen LogP contribution < -0.4 is 16.2 Å². The fourth-order valence-corrected chi connectivity index (χ4v) is 5.65. The third-order valence-corrected chi connectivity index (χ3v) is 7.22. The maximum absolute atomic E-state index is 14.3. The van der Waals surface area contributed by atoms with Crippen LogP contribution in [0, 0.1) is 11.6 Å². The Kier molecular flexibility index (Phi) is 4.16. The zero-order chi connectivity index (χ0) is 22.2. The molecule has 6 rings (SSSR count). The largest absolute Gasteiger partial charge is 0.375 e. The molecular weight excluding hydrogens is 436 g/mol. The van der Waals surface area contributed by atoms with E-state index in [4.69, 9.17) is 0 Å². The predicted octanol–water partition coefficient (Wildman–Crippen LogP) is 2.98. The molecule has 2 aliphatic heterocycles. The Bertz CT molecular complexity index is 1320. The first kappa shape index (κ1) is 19.7. The van der Waals surface area contributed by atoms with Gasteiger partial charge in [0.05, 0.1) is 17.1 Å². The highest BCUT2D eigenvalue weighted by atomic mass is 32.1. The van der Waals surface area contributed by atoms with E-state index in [0.29, 0.717) is 22.3 Å². The lowest BCUT2D eigenvalue weighted by atomic mass is 9.76. The fourth-order valence-electron chi connectivity index (χ4n) is 5.15. The van der Waals surface area contributed by atoms with Crippen molar-refractivity contribution in [2.24, 2.45) is 0 Å². The number of aromatic amines is 1. The van der Waals surface area contributed by atoms with Gasteiger partial charge < -0.3 is 10.2 Å². The summed E-state index contributed by atoms with van der Waals surface area (Å²) in [5.74, 6) is -1.05. The van der Waals surface area contributed by atoms with Crippen molar-refractivity contribution in [1.82, 2.24) is 20.4 Å². The van der Waals surface area contributed by atoms with E-state index in [1.54, 1.807) is 17.0 Å². The summed E-state index contributed by atoms with van der Waals surface area (Å²) in [5, 5.41) is 14.0. The van der Waals surface area contributed by atoms with Gasteiger partial charge in [-0.2, -0.15) is 5.10 Å². The predicted molar refractivity (Wildman–Crippen MR) is 117 cm³/mol. The summed E-state index contributed by atoms with van der Waals surface area (Å²) in [6.45, 7) is 0. The van der Waals surface area contributed by atoms with Crippen LogP contribution in [0.5, 0.6) is 0 Å². The highest BCUT2D eigenvalue weighted by molar-refractivity contribution is 7.80. The van der Waals surface area contributed by atoms with Gasteiger partial charge in [0.15, 0.2) is 0 Å². The average molecular weight is 455 g/mol. The van der Waals surface area contributed by atoms with Crippen molar-refractivity contribution in [2.45, 2.75) is 42.4 Å². The monoisotopic (exact) mass is 455 g/mol. The van der Waals surface area contributed by atoms with Gasteiger partial charge in [0, 0.05) is 11.1 Å². The van der Waals surface area contributed by atoms with Gasteiger partial charge in [-0.25, -0.2) is 13.9 Å². The molecule has 1 aliphatic carbocycles. The number of rotatable bonds is 2. The first-order chi connectivity index (χ1) is 15.4. The van der Waals surface area contributed by atoms with Crippen molar-refractivity contribution < 1.29 is 13.6 Å². The number of amides is 1. The summed E-state index contributed by atoms with van der Waals surface area (Å²) in [7, 11) is 0. The Balaban J connectivity index is 1.59. The molecule has 3 atom stereocenters. The van der Waals surface area contributed by atoms with Crippen LogP contribution in [0.25, 0.3) is 10.8 Å². The van der Waals surface area contributed by atoms with Crippen molar-refractivity contribution in [3.63, 3.8) is 0 Å². The van der Waals surface area contributed by atoms with Crippen molar-refractivity contribution >= 4 is 35.0 Å². The summed E-state index contributed by atoms with van der Waals surface area (Å²) >= 11 is 4.66. The summed E-state index contributed by atoms with van der Waals surface area (Å²) in [6.07, 6.45) is 2.38. The molecule has 3 unspecified atom stereocenters. The number of carbonyl (C=O) groups excluding carboxylic acids is 1. The van der Waals surface area contributed by atoms with E-state index < -0.39 is 40.3 Å². The molecule has 32 heavy (non-hydrogen) atoms. The summed E-state index contributed by atoms with van der Waals surface area (Å²) in [6, 6.07) is 7.13. The average Bonchev–Trinajstić information content (AvgIpc) is 3.01. The fraction of sp³-hybridized carbons (Fsp3) is 0.318. The van der Waals surface area contributed by atoms with E-state index >= 15 is 0 Å². The number of hydrogen-bond donors (Lipinski definition) is 4. The second-order valence-electron chi connectivity index (χ2n) is 8.60. The van der Waals surface area contributed by atoms with Crippen LogP contribution in [0.1, 0.15) is 42.6 Å². The van der Waals surface area contributed by atoms with Crippen LogP contribution in [0.15, 0.2) is 41.2 Å². The second kappa shape index (κ2) is 6.76. The molecule has 2 fully saturated rings. The third kappa shape index (κ3) is 2.65. The maximum atomic E-state index is 14.3. The van der Waals surface area contributed by atoms with E-state index in [0.717, 1.165) is 25.3 Å². The molecule has 2 aromatic carbocycles. The van der Waals surface area contributed by atoms with E-state index in [2.05, 4.69) is 33.5 Å². The highest BCUT2D eigenvalue weighted by Gasteiger charge is 2.57. The molecule has 164 valence electrons. The standard InChI is InChI=1S/C22H19F2N5O2S/c23-11-4-2-10(3-5-11)16-18(29-20(31)22(6-1-7-22)26-21(29)32)17-15-13(19(30)28-27-17)8-12(24)9-14(15)25-16/h2-5,8-9,16,18,21,25-26,32H,1,6-7H2,(H,28,30). The van der Waals surface area contributed by atoms with Crippen LogP contribution >= 0.6 is 12.6 Å². The summed E-state index contributed by atoms with van der Waals surface area (Å²) < 4.78 is 28.0. The number of benzene rings is 2.